The second kappa shape index (κ2) is 9.45. The summed E-state index contributed by atoms with van der Waals surface area (Å²) in [5, 5.41) is 10.5. The van der Waals surface area contributed by atoms with E-state index in [2.05, 4.69) is 9.79 Å². The molecule has 1 fully saturated rings. The number of nitrogens with zero attached hydrogens (tertiary/aromatic N) is 1. The third kappa shape index (κ3) is 4.63. The fourth-order valence-corrected chi connectivity index (χ4v) is 4.10. The molecule has 0 spiro atoms. The highest BCUT2D eigenvalue weighted by Crippen LogP contribution is 2.37. The Bertz CT molecular complexity index is 848. The third-order valence-corrected chi connectivity index (χ3v) is 5.53. The van der Waals surface area contributed by atoms with Crippen molar-refractivity contribution in [2.45, 2.75) is 23.8 Å². The monoisotopic (exact) mass is 386 g/mol. The molecule has 4 rings (SSSR count). The number of carbonyl (C=O) groups excluding carboxylic acids is 1. The minimum atomic E-state index is 0.252. The summed E-state index contributed by atoms with van der Waals surface area (Å²) in [6, 6.07) is 15.9. The standard InChI is InChI=1S/C19H20N2O3S.CH2O/c22-20-18-17(7-6-14-10-13-23-19(14)18)25-21-11-8-16(9-12-21)24-15-4-2-1-3-5-15;1-2/h1-7,10,13,16,20,22H,8-9,11-12H2;1H2. The maximum atomic E-state index is 9.51. The van der Waals surface area contributed by atoms with Crippen LogP contribution >= 0.6 is 11.9 Å². The average Bonchev–Trinajstić information content (AvgIpc) is 3.20. The van der Waals surface area contributed by atoms with E-state index in [9.17, 15) is 5.21 Å². The van der Waals surface area contributed by atoms with Crippen LogP contribution < -0.4 is 10.2 Å². The Morgan fingerprint density at radius 1 is 1.11 bits per heavy atom. The first kappa shape index (κ1) is 19.3. The topological polar surface area (TPSA) is 74.9 Å². The Morgan fingerprint density at radius 2 is 1.85 bits per heavy atom. The van der Waals surface area contributed by atoms with Gasteiger partial charge in [-0.1, -0.05) is 18.2 Å². The molecule has 0 saturated carbocycles. The number of anilines is 1. The molecule has 1 aliphatic rings. The van der Waals surface area contributed by atoms with Gasteiger partial charge in [0.1, 0.15) is 24.3 Å². The van der Waals surface area contributed by atoms with Crippen LogP contribution in [0, 0.1) is 0 Å². The molecule has 142 valence electrons. The van der Waals surface area contributed by atoms with Crippen molar-refractivity contribution in [1.82, 2.24) is 4.31 Å². The van der Waals surface area contributed by atoms with E-state index in [1.54, 1.807) is 18.2 Å². The number of hydrogen-bond acceptors (Lipinski definition) is 7. The van der Waals surface area contributed by atoms with Crippen LogP contribution in [0.2, 0.25) is 0 Å². The van der Waals surface area contributed by atoms with Crippen LogP contribution in [0.5, 0.6) is 5.75 Å². The molecule has 0 bridgehead atoms. The average molecular weight is 386 g/mol. The number of hydrogen-bond donors (Lipinski definition) is 2. The number of fused-ring (bicyclic) bond motifs is 1. The smallest absolute Gasteiger partial charge is 0.160 e. The molecule has 3 aromatic rings. The number of nitrogens with one attached hydrogen (secondary N) is 1. The molecule has 2 N–H and O–H groups in total. The lowest BCUT2D eigenvalue weighted by atomic mass is 10.1. The van der Waals surface area contributed by atoms with Crippen molar-refractivity contribution in [1.29, 1.82) is 0 Å². The molecule has 6 nitrogen and oxygen atoms in total. The minimum Gasteiger partial charge on any atom is -0.490 e. The van der Waals surface area contributed by atoms with Crippen LogP contribution in [-0.2, 0) is 4.79 Å². The van der Waals surface area contributed by atoms with Crippen LogP contribution in [0.4, 0.5) is 5.69 Å². The highest BCUT2D eigenvalue weighted by Gasteiger charge is 2.22. The van der Waals surface area contributed by atoms with E-state index < -0.39 is 0 Å². The summed E-state index contributed by atoms with van der Waals surface area (Å²) in [5.74, 6) is 0.934. The van der Waals surface area contributed by atoms with Gasteiger partial charge in [0.15, 0.2) is 5.58 Å². The summed E-state index contributed by atoms with van der Waals surface area (Å²) in [6.07, 6.45) is 3.84. The molecular weight excluding hydrogens is 364 g/mol. The normalized spacial score (nSPS) is 15.1. The predicted molar refractivity (Wildman–Crippen MR) is 106 cm³/mol. The van der Waals surface area contributed by atoms with Crippen molar-refractivity contribution >= 4 is 35.4 Å². The van der Waals surface area contributed by atoms with E-state index in [1.807, 2.05) is 55.3 Å². The van der Waals surface area contributed by atoms with Gasteiger partial charge in [-0.15, -0.1) is 0 Å². The third-order valence-electron chi connectivity index (χ3n) is 4.37. The maximum Gasteiger partial charge on any atom is 0.160 e. The Morgan fingerprint density at radius 3 is 2.56 bits per heavy atom. The Hall–Kier alpha value is -2.48. The second-order valence-corrected chi connectivity index (χ2v) is 7.18. The molecule has 0 unspecified atom stereocenters. The van der Waals surface area contributed by atoms with E-state index in [1.165, 1.54) is 0 Å². The summed E-state index contributed by atoms with van der Waals surface area (Å²) in [5.41, 5.74) is 3.59. The van der Waals surface area contributed by atoms with Crippen molar-refractivity contribution in [3.8, 4) is 5.75 Å². The number of piperidine rings is 1. The van der Waals surface area contributed by atoms with Crippen LogP contribution in [-0.4, -0.2) is 35.5 Å². The van der Waals surface area contributed by atoms with Gasteiger partial charge in [0.25, 0.3) is 0 Å². The van der Waals surface area contributed by atoms with Gasteiger partial charge < -0.3 is 13.9 Å². The lowest BCUT2D eigenvalue weighted by molar-refractivity contribution is -0.0979. The highest BCUT2D eigenvalue weighted by atomic mass is 32.2. The summed E-state index contributed by atoms with van der Waals surface area (Å²) < 4.78 is 13.8. The number of benzene rings is 2. The van der Waals surface area contributed by atoms with Gasteiger partial charge in [0.2, 0.25) is 0 Å². The molecule has 1 aliphatic heterocycles. The van der Waals surface area contributed by atoms with E-state index >= 15 is 0 Å². The molecule has 0 amide bonds. The number of furan rings is 1. The van der Waals surface area contributed by atoms with E-state index in [0.29, 0.717) is 11.3 Å². The summed E-state index contributed by atoms with van der Waals surface area (Å²) >= 11 is 1.64. The SMILES string of the molecule is C=O.ONc1c(SN2CCC(Oc3ccccc3)CC2)ccc2ccoc12. The van der Waals surface area contributed by atoms with Crippen molar-refractivity contribution in [3.63, 3.8) is 0 Å². The lowest BCUT2D eigenvalue weighted by Crippen LogP contribution is -2.34. The fourth-order valence-electron chi connectivity index (χ4n) is 3.07. The Labute approximate surface area is 162 Å². The number of ether oxygens (including phenoxy) is 1. The fraction of sp³-hybridized carbons (Fsp3) is 0.250. The molecule has 0 radical (unpaired) electrons. The molecular formula is C20H22N2O4S. The molecule has 2 aromatic carbocycles. The van der Waals surface area contributed by atoms with Gasteiger partial charge in [-0.2, -0.15) is 0 Å². The van der Waals surface area contributed by atoms with Crippen molar-refractivity contribution < 1.29 is 19.2 Å². The van der Waals surface area contributed by atoms with Crippen LogP contribution in [0.3, 0.4) is 0 Å². The number of carbonyl (C=O) groups is 1. The van der Waals surface area contributed by atoms with Crippen molar-refractivity contribution in [3.05, 3.63) is 54.8 Å². The maximum absolute atomic E-state index is 9.51. The second-order valence-electron chi connectivity index (χ2n) is 6.04. The summed E-state index contributed by atoms with van der Waals surface area (Å²) in [6.45, 7) is 3.87. The van der Waals surface area contributed by atoms with Gasteiger partial charge in [0.05, 0.1) is 11.2 Å². The van der Waals surface area contributed by atoms with E-state index in [0.717, 1.165) is 42.0 Å². The summed E-state index contributed by atoms with van der Waals surface area (Å²) in [4.78, 5) is 8.95. The lowest BCUT2D eigenvalue weighted by Gasteiger charge is -2.31. The first-order valence-corrected chi connectivity index (χ1v) is 9.44. The van der Waals surface area contributed by atoms with Gasteiger partial charge in [0, 0.05) is 18.5 Å². The zero-order chi connectivity index (χ0) is 19.1. The zero-order valence-corrected chi connectivity index (χ0v) is 15.7. The quantitative estimate of drug-likeness (QED) is 0.490. The molecule has 1 aromatic heterocycles. The van der Waals surface area contributed by atoms with Gasteiger partial charge >= 0.3 is 0 Å². The molecule has 1 saturated heterocycles. The predicted octanol–water partition coefficient (Wildman–Crippen LogP) is 4.60. The van der Waals surface area contributed by atoms with Crippen LogP contribution in [0.25, 0.3) is 11.0 Å². The Kier molecular flexibility index (Phi) is 6.75. The first-order valence-electron chi connectivity index (χ1n) is 8.67. The number of para-hydroxylation sites is 1. The molecule has 0 aliphatic carbocycles. The van der Waals surface area contributed by atoms with Crippen molar-refractivity contribution in [2.75, 3.05) is 18.6 Å². The molecule has 7 heteroatoms. The van der Waals surface area contributed by atoms with Crippen molar-refractivity contribution in [2.24, 2.45) is 0 Å². The zero-order valence-electron chi connectivity index (χ0n) is 14.8. The van der Waals surface area contributed by atoms with Crippen LogP contribution in [0.15, 0.2) is 64.1 Å². The van der Waals surface area contributed by atoms with Crippen LogP contribution in [0.1, 0.15) is 12.8 Å². The first-order chi connectivity index (χ1) is 13.3. The van der Waals surface area contributed by atoms with E-state index in [-0.39, 0.29) is 6.10 Å². The van der Waals surface area contributed by atoms with E-state index in [4.69, 9.17) is 13.9 Å². The molecule has 2 heterocycles. The minimum absolute atomic E-state index is 0.252. The van der Waals surface area contributed by atoms with Gasteiger partial charge in [-0.25, -0.2) is 4.31 Å². The Balaban J connectivity index is 0.00000102. The largest absolute Gasteiger partial charge is 0.490 e. The van der Waals surface area contributed by atoms with Gasteiger partial charge in [-0.05, 0) is 55.1 Å². The summed E-state index contributed by atoms with van der Waals surface area (Å²) in [7, 11) is 0. The molecule has 0 atom stereocenters. The molecule has 27 heavy (non-hydrogen) atoms. The van der Waals surface area contributed by atoms with Gasteiger partial charge in [-0.3, -0.25) is 10.7 Å². The highest BCUT2D eigenvalue weighted by molar-refractivity contribution is 7.97. The number of rotatable bonds is 5.